The summed E-state index contributed by atoms with van der Waals surface area (Å²) in [5.74, 6) is 0.808. The third-order valence-electron chi connectivity index (χ3n) is 3.36. The molecule has 2 aromatic heterocycles. The number of hydrogen-bond acceptors (Lipinski definition) is 4. The van der Waals surface area contributed by atoms with Crippen LogP contribution in [0.25, 0.3) is 5.65 Å². The minimum absolute atomic E-state index is 0.130. The first-order valence-corrected chi connectivity index (χ1v) is 7.65. The van der Waals surface area contributed by atoms with Crippen LogP contribution in [0.3, 0.4) is 0 Å². The highest BCUT2D eigenvalue weighted by molar-refractivity contribution is 6.32. The second-order valence-corrected chi connectivity index (χ2v) is 5.58. The molecule has 24 heavy (non-hydrogen) atoms. The molecule has 0 fully saturated rings. The highest BCUT2D eigenvalue weighted by atomic mass is 35.5. The Morgan fingerprint density at radius 1 is 1.33 bits per heavy atom. The zero-order valence-corrected chi connectivity index (χ0v) is 14.0. The van der Waals surface area contributed by atoms with Gasteiger partial charge in [0.15, 0.2) is 18.0 Å². The smallest absolute Gasteiger partial charge is 0.262 e. The van der Waals surface area contributed by atoms with Gasteiger partial charge in [0, 0.05) is 18.1 Å². The van der Waals surface area contributed by atoms with Gasteiger partial charge in [0.05, 0.1) is 17.8 Å². The van der Waals surface area contributed by atoms with Gasteiger partial charge in [-0.25, -0.2) is 4.98 Å². The number of aryl methyl sites for hydroxylation is 1. The molecule has 3 aromatic rings. The summed E-state index contributed by atoms with van der Waals surface area (Å²) in [6, 6.07) is 8.63. The first-order chi connectivity index (χ1) is 11.6. The number of carbonyl (C=O) groups is 1. The highest BCUT2D eigenvalue weighted by Gasteiger charge is 2.09. The quantitative estimate of drug-likeness (QED) is 0.770. The summed E-state index contributed by atoms with van der Waals surface area (Å²) in [6.45, 7) is 1.77. The Balaban J connectivity index is 1.66. The fourth-order valence-electron chi connectivity index (χ4n) is 2.31. The van der Waals surface area contributed by atoms with Crippen LogP contribution < -0.4 is 14.8 Å². The number of carbonyl (C=O) groups excluding carboxylic acids is 1. The summed E-state index contributed by atoms with van der Waals surface area (Å²) in [6.07, 6.45) is 3.77. The average Bonchev–Trinajstić information content (AvgIpc) is 2.94. The molecule has 0 spiro atoms. The van der Waals surface area contributed by atoms with Crippen molar-refractivity contribution < 1.29 is 14.3 Å². The van der Waals surface area contributed by atoms with Gasteiger partial charge in [0.25, 0.3) is 5.91 Å². The van der Waals surface area contributed by atoms with Crippen LogP contribution in [-0.2, 0) is 4.79 Å². The number of imidazole rings is 1. The van der Waals surface area contributed by atoms with Crippen molar-refractivity contribution in [2.75, 3.05) is 19.0 Å². The van der Waals surface area contributed by atoms with E-state index in [0.29, 0.717) is 27.9 Å². The van der Waals surface area contributed by atoms with E-state index in [1.54, 1.807) is 24.3 Å². The van der Waals surface area contributed by atoms with Gasteiger partial charge >= 0.3 is 0 Å². The molecule has 0 aliphatic rings. The number of nitrogens with one attached hydrogen (secondary N) is 1. The molecule has 124 valence electrons. The second kappa shape index (κ2) is 6.80. The number of hydrogen-bond donors (Lipinski definition) is 1. The van der Waals surface area contributed by atoms with Gasteiger partial charge in [0.2, 0.25) is 0 Å². The Kier molecular flexibility index (Phi) is 4.57. The fourth-order valence-corrected chi connectivity index (χ4v) is 2.56. The zero-order chi connectivity index (χ0) is 17.1. The molecule has 0 saturated carbocycles. The van der Waals surface area contributed by atoms with E-state index in [4.69, 9.17) is 21.1 Å². The average molecular weight is 346 g/mol. The lowest BCUT2D eigenvalue weighted by Crippen LogP contribution is -2.20. The van der Waals surface area contributed by atoms with Crippen molar-refractivity contribution in [3.05, 3.63) is 53.4 Å². The molecular weight excluding hydrogens is 330 g/mol. The van der Waals surface area contributed by atoms with Gasteiger partial charge in [0.1, 0.15) is 5.75 Å². The lowest BCUT2D eigenvalue weighted by atomic mass is 10.3. The van der Waals surface area contributed by atoms with Crippen molar-refractivity contribution in [2.24, 2.45) is 0 Å². The molecule has 2 heterocycles. The molecule has 0 atom stereocenters. The Hall–Kier alpha value is -2.73. The van der Waals surface area contributed by atoms with Gasteiger partial charge in [-0.3, -0.25) is 4.79 Å². The summed E-state index contributed by atoms with van der Waals surface area (Å²) < 4.78 is 12.5. The van der Waals surface area contributed by atoms with E-state index in [0.717, 1.165) is 5.69 Å². The maximum absolute atomic E-state index is 12.1. The topological polar surface area (TPSA) is 64.9 Å². The summed E-state index contributed by atoms with van der Waals surface area (Å²) in [7, 11) is 1.53. The monoisotopic (exact) mass is 345 g/mol. The molecule has 3 rings (SSSR count). The van der Waals surface area contributed by atoms with Crippen LogP contribution in [0.15, 0.2) is 42.7 Å². The predicted octanol–water partition coefficient (Wildman–Crippen LogP) is 3.32. The predicted molar refractivity (Wildman–Crippen MR) is 92.1 cm³/mol. The van der Waals surface area contributed by atoms with Crippen molar-refractivity contribution in [3.8, 4) is 11.5 Å². The van der Waals surface area contributed by atoms with E-state index in [1.165, 1.54) is 7.11 Å². The number of ether oxygens (including phenoxy) is 2. The molecular formula is C17H16ClN3O3. The molecule has 0 radical (unpaired) electrons. The Labute approximate surface area is 144 Å². The minimum Gasteiger partial charge on any atom is -0.495 e. The Morgan fingerprint density at radius 3 is 2.92 bits per heavy atom. The first kappa shape index (κ1) is 16.1. The second-order valence-electron chi connectivity index (χ2n) is 5.17. The van der Waals surface area contributed by atoms with Crippen LogP contribution in [0.1, 0.15) is 5.69 Å². The van der Waals surface area contributed by atoms with Crippen LogP contribution >= 0.6 is 11.6 Å². The van der Waals surface area contributed by atoms with Gasteiger partial charge in [-0.15, -0.1) is 0 Å². The largest absolute Gasteiger partial charge is 0.495 e. The maximum Gasteiger partial charge on any atom is 0.262 e. The van der Waals surface area contributed by atoms with E-state index >= 15 is 0 Å². The standard InChI is InChI=1S/C17H16ClN3O3/c1-11-9-21-7-3-4-15(17(21)19-11)24-10-16(22)20-12-5-6-14(23-2)13(18)8-12/h3-9H,10H2,1-2H3,(H,20,22). The number of benzene rings is 1. The number of fused-ring (bicyclic) bond motifs is 1. The minimum atomic E-state index is -0.290. The van der Waals surface area contributed by atoms with E-state index in [-0.39, 0.29) is 12.5 Å². The lowest BCUT2D eigenvalue weighted by molar-refractivity contribution is -0.118. The summed E-state index contributed by atoms with van der Waals surface area (Å²) in [5.41, 5.74) is 2.13. The van der Waals surface area contributed by atoms with Crippen LogP contribution in [0.2, 0.25) is 5.02 Å². The number of methoxy groups -OCH3 is 1. The van der Waals surface area contributed by atoms with Crippen molar-refractivity contribution in [2.45, 2.75) is 6.92 Å². The molecule has 6 nitrogen and oxygen atoms in total. The SMILES string of the molecule is COc1ccc(NC(=O)COc2cccn3cc(C)nc23)cc1Cl. The Morgan fingerprint density at radius 2 is 2.17 bits per heavy atom. The molecule has 0 unspecified atom stereocenters. The molecule has 0 bridgehead atoms. The van der Waals surface area contributed by atoms with Crippen molar-refractivity contribution in [3.63, 3.8) is 0 Å². The molecule has 1 aromatic carbocycles. The van der Waals surface area contributed by atoms with Crippen molar-refractivity contribution >= 4 is 28.8 Å². The van der Waals surface area contributed by atoms with Crippen LogP contribution in [0, 0.1) is 6.92 Å². The fraction of sp³-hybridized carbons (Fsp3) is 0.176. The number of anilines is 1. The van der Waals surface area contributed by atoms with Crippen molar-refractivity contribution in [1.29, 1.82) is 0 Å². The number of rotatable bonds is 5. The highest BCUT2D eigenvalue weighted by Crippen LogP contribution is 2.27. The van der Waals surface area contributed by atoms with Crippen molar-refractivity contribution in [1.82, 2.24) is 9.38 Å². The van der Waals surface area contributed by atoms with Gasteiger partial charge < -0.3 is 19.2 Å². The maximum atomic E-state index is 12.1. The normalized spacial score (nSPS) is 10.6. The van der Waals surface area contributed by atoms with Crippen LogP contribution in [0.4, 0.5) is 5.69 Å². The number of halogens is 1. The first-order valence-electron chi connectivity index (χ1n) is 7.27. The van der Waals surface area contributed by atoms with Gasteiger partial charge in [-0.2, -0.15) is 0 Å². The third-order valence-corrected chi connectivity index (χ3v) is 3.66. The number of nitrogens with zero attached hydrogens (tertiary/aromatic N) is 2. The van der Waals surface area contributed by atoms with E-state index in [2.05, 4.69) is 10.3 Å². The summed E-state index contributed by atoms with van der Waals surface area (Å²) in [5, 5.41) is 3.15. The summed E-state index contributed by atoms with van der Waals surface area (Å²) in [4.78, 5) is 16.4. The van der Waals surface area contributed by atoms with Crippen LogP contribution in [-0.4, -0.2) is 29.0 Å². The molecule has 7 heteroatoms. The molecule has 0 aliphatic carbocycles. The number of amides is 1. The number of pyridine rings is 1. The molecule has 0 aliphatic heterocycles. The van der Waals surface area contributed by atoms with E-state index in [1.807, 2.05) is 29.8 Å². The molecule has 1 amide bonds. The van der Waals surface area contributed by atoms with Crippen LogP contribution in [0.5, 0.6) is 11.5 Å². The lowest BCUT2D eigenvalue weighted by Gasteiger charge is -2.09. The third kappa shape index (κ3) is 3.44. The van der Waals surface area contributed by atoms with E-state index in [9.17, 15) is 4.79 Å². The summed E-state index contributed by atoms with van der Waals surface area (Å²) >= 11 is 6.04. The zero-order valence-electron chi connectivity index (χ0n) is 13.2. The number of aromatic nitrogens is 2. The van der Waals surface area contributed by atoms with Gasteiger partial charge in [-0.1, -0.05) is 11.6 Å². The Bertz CT molecular complexity index is 892. The molecule has 0 saturated heterocycles. The van der Waals surface area contributed by atoms with E-state index < -0.39 is 0 Å². The molecule has 1 N–H and O–H groups in total. The van der Waals surface area contributed by atoms with Gasteiger partial charge in [-0.05, 0) is 37.3 Å².